The van der Waals surface area contributed by atoms with E-state index in [0.29, 0.717) is 25.6 Å². The van der Waals surface area contributed by atoms with Gasteiger partial charge in [0.2, 0.25) is 0 Å². The van der Waals surface area contributed by atoms with Gasteiger partial charge in [-0.1, -0.05) is 0 Å². The van der Waals surface area contributed by atoms with Crippen LogP contribution in [0.1, 0.15) is 19.3 Å². The van der Waals surface area contributed by atoms with Gasteiger partial charge in [-0.3, -0.25) is 0 Å². The zero-order valence-electron chi connectivity index (χ0n) is 13.6. The van der Waals surface area contributed by atoms with Gasteiger partial charge in [-0.2, -0.15) is 0 Å². The molecule has 1 aromatic rings. The van der Waals surface area contributed by atoms with Crippen molar-refractivity contribution in [1.82, 2.24) is 9.80 Å². The van der Waals surface area contributed by atoms with Gasteiger partial charge >= 0.3 is 6.03 Å². The first-order valence-electron chi connectivity index (χ1n) is 7.94. The average molecular weight is 345 g/mol. The van der Waals surface area contributed by atoms with E-state index >= 15 is 0 Å². The minimum atomic E-state index is -1.56. The molecule has 0 bridgehead atoms. The number of anilines is 1. The van der Waals surface area contributed by atoms with Crippen molar-refractivity contribution in [3.8, 4) is 0 Å². The number of piperidine rings is 1. The van der Waals surface area contributed by atoms with E-state index in [1.807, 2.05) is 7.05 Å². The number of amides is 2. The number of aliphatic hydroxyl groups is 1. The van der Waals surface area contributed by atoms with Crippen molar-refractivity contribution in [2.24, 2.45) is 0 Å². The molecule has 8 heteroatoms. The summed E-state index contributed by atoms with van der Waals surface area (Å²) in [4.78, 5) is 15.9. The molecule has 0 aromatic heterocycles. The highest BCUT2D eigenvalue weighted by molar-refractivity contribution is 5.89. The summed E-state index contributed by atoms with van der Waals surface area (Å²) < 4.78 is 39.3. The van der Waals surface area contributed by atoms with E-state index < -0.39 is 23.5 Å². The number of hydrogen-bond acceptors (Lipinski definition) is 3. The van der Waals surface area contributed by atoms with Gasteiger partial charge in [0.15, 0.2) is 17.5 Å². The summed E-state index contributed by atoms with van der Waals surface area (Å²) in [6.07, 6.45) is 2.27. The van der Waals surface area contributed by atoms with Crippen LogP contribution in [-0.4, -0.2) is 60.3 Å². The first kappa shape index (κ1) is 18.5. The van der Waals surface area contributed by atoms with E-state index in [2.05, 4.69) is 10.2 Å². The Balaban J connectivity index is 1.87. The molecule has 2 amide bonds. The monoisotopic (exact) mass is 345 g/mol. The number of halogens is 3. The third-order valence-electron chi connectivity index (χ3n) is 4.28. The van der Waals surface area contributed by atoms with Crippen LogP contribution in [0.4, 0.5) is 23.7 Å². The van der Waals surface area contributed by atoms with E-state index in [0.717, 1.165) is 31.5 Å². The largest absolute Gasteiger partial charge is 0.396 e. The molecule has 1 saturated heterocycles. The second-order valence-corrected chi connectivity index (χ2v) is 5.96. The van der Waals surface area contributed by atoms with Crippen LogP contribution < -0.4 is 5.32 Å². The number of nitrogens with zero attached hydrogens (tertiary/aromatic N) is 2. The highest BCUT2D eigenvalue weighted by Crippen LogP contribution is 2.20. The first-order valence-corrected chi connectivity index (χ1v) is 7.94. The molecule has 2 rings (SSSR count). The van der Waals surface area contributed by atoms with Crippen molar-refractivity contribution < 1.29 is 23.1 Å². The average Bonchev–Trinajstić information content (AvgIpc) is 2.57. The standard InChI is InChI=1S/C16H22F3N3O2/c1-21(5-2-8-23)12-3-6-22(7-4-12)16(24)20-11-9-13(17)15(19)14(18)10-11/h9-10,12,23H,2-8H2,1H3,(H,20,24). The Morgan fingerprint density at radius 2 is 1.88 bits per heavy atom. The SMILES string of the molecule is CN(CCCO)C1CCN(C(=O)Nc2cc(F)c(F)c(F)c2)CC1. The van der Waals surface area contributed by atoms with Gasteiger partial charge in [0, 0.05) is 50.1 Å². The molecule has 0 spiro atoms. The summed E-state index contributed by atoms with van der Waals surface area (Å²) in [6, 6.07) is 1.38. The van der Waals surface area contributed by atoms with Crippen LogP contribution in [0.25, 0.3) is 0 Å². The highest BCUT2D eigenvalue weighted by atomic mass is 19.2. The Hall–Kier alpha value is -1.80. The number of carbonyl (C=O) groups excluding carboxylic acids is 1. The van der Waals surface area contributed by atoms with Crippen molar-refractivity contribution in [3.05, 3.63) is 29.6 Å². The maximum Gasteiger partial charge on any atom is 0.321 e. The lowest BCUT2D eigenvalue weighted by Gasteiger charge is -2.36. The molecule has 1 aliphatic heterocycles. The molecule has 2 N–H and O–H groups in total. The molecule has 5 nitrogen and oxygen atoms in total. The van der Waals surface area contributed by atoms with E-state index in [1.165, 1.54) is 0 Å². The lowest BCUT2D eigenvalue weighted by Crippen LogP contribution is -2.47. The molecule has 1 heterocycles. The van der Waals surface area contributed by atoms with Gasteiger partial charge in [0.1, 0.15) is 0 Å². The van der Waals surface area contributed by atoms with Gasteiger partial charge < -0.3 is 20.2 Å². The van der Waals surface area contributed by atoms with E-state index in [-0.39, 0.29) is 12.3 Å². The molecule has 24 heavy (non-hydrogen) atoms. The number of nitrogens with one attached hydrogen (secondary N) is 1. The van der Waals surface area contributed by atoms with E-state index in [1.54, 1.807) is 4.90 Å². The maximum absolute atomic E-state index is 13.2. The second-order valence-electron chi connectivity index (χ2n) is 5.96. The number of hydrogen-bond donors (Lipinski definition) is 2. The number of likely N-dealkylation sites (tertiary alicyclic amines) is 1. The van der Waals surface area contributed by atoms with Crippen LogP contribution >= 0.6 is 0 Å². The fraction of sp³-hybridized carbons (Fsp3) is 0.562. The molecule has 0 saturated carbocycles. The Morgan fingerprint density at radius 1 is 1.29 bits per heavy atom. The molecule has 134 valence electrons. The minimum Gasteiger partial charge on any atom is -0.396 e. The Kier molecular flexibility index (Phi) is 6.44. The molecule has 0 radical (unpaired) electrons. The smallest absolute Gasteiger partial charge is 0.321 e. The molecular weight excluding hydrogens is 323 g/mol. The number of rotatable bonds is 5. The molecule has 1 fully saturated rings. The molecule has 0 unspecified atom stereocenters. The molecule has 0 atom stereocenters. The van der Waals surface area contributed by atoms with Gasteiger partial charge in [0.25, 0.3) is 0 Å². The fourth-order valence-electron chi connectivity index (χ4n) is 2.84. The summed E-state index contributed by atoms with van der Waals surface area (Å²) in [6.45, 7) is 1.98. The number of benzene rings is 1. The van der Waals surface area contributed by atoms with Crippen LogP contribution in [0.15, 0.2) is 12.1 Å². The zero-order valence-corrected chi connectivity index (χ0v) is 13.6. The van der Waals surface area contributed by atoms with Crippen LogP contribution in [-0.2, 0) is 0 Å². The Labute approximate surface area is 139 Å². The first-order chi connectivity index (χ1) is 11.4. The topological polar surface area (TPSA) is 55.8 Å². The summed E-state index contributed by atoms with van der Waals surface area (Å²) in [7, 11) is 1.99. The fourth-order valence-corrected chi connectivity index (χ4v) is 2.84. The van der Waals surface area contributed by atoms with Crippen molar-refractivity contribution in [3.63, 3.8) is 0 Å². The lowest BCUT2D eigenvalue weighted by molar-refractivity contribution is 0.134. The van der Waals surface area contributed by atoms with Gasteiger partial charge in [-0.15, -0.1) is 0 Å². The van der Waals surface area contributed by atoms with Gasteiger partial charge in [-0.05, 0) is 26.3 Å². The molecule has 0 aliphatic carbocycles. The van der Waals surface area contributed by atoms with E-state index in [4.69, 9.17) is 5.11 Å². The Bertz CT molecular complexity index is 555. The molecular formula is C16H22F3N3O2. The predicted molar refractivity (Wildman–Crippen MR) is 84.3 cm³/mol. The number of urea groups is 1. The summed E-state index contributed by atoms with van der Waals surface area (Å²) in [5.74, 6) is -4.23. The van der Waals surface area contributed by atoms with Crippen LogP contribution in [0.2, 0.25) is 0 Å². The maximum atomic E-state index is 13.2. The molecule has 1 aromatic carbocycles. The van der Waals surface area contributed by atoms with Crippen molar-refractivity contribution in [1.29, 1.82) is 0 Å². The van der Waals surface area contributed by atoms with Crippen LogP contribution in [0.3, 0.4) is 0 Å². The predicted octanol–water partition coefficient (Wildman–Crippen LogP) is 2.41. The van der Waals surface area contributed by atoms with Crippen LogP contribution in [0, 0.1) is 17.5 Å². The zero-order chi connectivity index (χ0) is 17.7. The third kappa shape index (κ3) is 4.61. The highest BCUT2D eigenvalue weighted by Gasteiger charge is 2.25. The van der Waals surface area contributed by atoms with Crippen LogP contribution in [0.5, 0.6) is 0 Å². The van der Waals surface area contributed by atoms with Crippen molar-refractivity contribution in [2.75, 3.05) is 38.6 Å². The normalized spacial score (nSPS) is 15.8. The van der Waals surface area contributed by atoms with Gasteiger partial charge in [0.05, 0.1) is 0 Å². The summed E-state index contributed by atoms with van der Waals surface area (Å²) in [5, 5.41) is 11.3. The quantitative estimate of drug-likeness (QED) is 0.806. The Morgan fingerprint density at radius 3 is 2.42 bits per heavy atom. The van der Waals surface area contributed by atoms with Crippen molar-refractivity contribution in [2.45, 2.75) is 25.3 Å². The minimum absolute atomic E-state index is 0.112. The summed E-state index contributed by atoms with van der Waals surface area (Å²) >= 11 is 0. The second kappa shape index (κ2) is 8.34. The third-order valence-corrected chi connectivity index (χ3v) is 4.28. The van der Waals surface area contributed by atoms with E-state index in [9.17, 15) is 18.0 Å². The van der Waals surface area contributed by atoms with Crippen molar-refractivity contribution >= 4 is 11.7 Å². The van der Waals surface area contributed by atoms with Gasteiger partial charge in [-0.25, -0.2) is 18.0 Å². The number of carbonyl (C=O) groups is 1. The molecule has 1 aliphatic rings. The lowest BCUT2D eigenvalue weighted by atomic mass is 10.0. The number of aliphatic hydroxyl groups excluding tert-OH is 1. The summed E-state index contributed by atoms with van der Waals surface area (Å²) in [5.41, 5.74) is -0.112.